The van der Waals surface area contributed by atoms with Gasteiger partial charge >= 0.3 is 0 Å². The molecule has 1 N–H and O–H groups in total. The molecule has 0 aliphatic heterocycles. The lowest BCUT2D eigenvalue weighted by Crippen LogP contribution is -2.50. The largest absolute Gasteiger partial charge is 0.354 e. The third-order valence-electron chi connectivity index (χ3n) is 7.01. The number of halogens is 1. The fourth-order valence-corrected chi connectivity index (χ4v) is 5.89. The van der Waals surface area contributed by atoms with Crippen LogP contribution >= 0.6 is 0 Å². The summed E-state index contributed by atoms with van der Waals surface area (Å²) in [6, 6.07) is 20.2. The predicted octanol–water partition coefficient (Wildman–Crippen LogP) is 5.55. The molecule has 7 nitrogen and oxygen atoms in total. The molecule has 0 heterocycles. The lowest BCUT2D eigenvalue weighted by molar-refractivity contribution is -0.141. The quantitative estimate of drug-likeness (QED) is 0.234. The van der Waals surface area contributed by atoms with Gasteiger partial charge in [0.05, 0.1) is 11.9 Å². The second-order valence-electron chi connectivity index (χ2n) is 10.8. The van der Waals surface area contributed by atoms with Crippen LogP contribution in [0.3, 0.4) is 0 Å². The second-order valence-corrected chi connectivity index (χ2v) is 12.7. The van der Waals surface area contributed by atoms with E-state index in [4.69, 9.17) is 0 Å². The van der Waals surface area contributed by atoms with Gasteiger partial charge in [-0.3, -0.25) is 13.9 Å². The number of hydrogen-bond donors (Lipinski definition) is 1. The number of carbonyl (C=O) groups is 2. The van der Waals surface area contributed by atoms with Crippen molar-refractivity contribution in [3.05, 3.63) is 101 Å². The maximum Gasteiger partial charge on any atom is 0.243 e. The van der Waals surface area contributed by atoms with Gasteiger partial charge in [-0.1, -0.05) is 61.9 Å². The molecule has 0 radical (unpaired) electrons. The molecule has 0 saturated carbocycles. The molecule has 0 aromatic heterocycles. The number of carbonyl (C=O) groups excluding carboxylic acids is 2. The molecular weight excluding hydrogens is 553 g/mol. The number of amides is 2. The highest BCUT2D eigenvalue weighted by atomic mass is 32.2. The lowest BCUT2D eigenvalue weighted by atomic mass is 10.0. The van der Waals surface area contributed by atoms with Crippen molar-refractivity contribution in [2.45, 2.75) is 65.5 Å². The minimum atomic E-state index is -3.60. The van der Waals surface area contributed by atoms with Crippen molar-refractivity contribution in [2.75, 3.05) is 23.7 Å². The summed E-state index contributed by atoms with van der Waals surface area (Å²) in [6.45, 7) is 6.58. The minimum Gasteiger partial charge on any atom is -0.354 e. The fourth-order valence-electron chi connectivity index (χ4n) is 4.95. The molecule has 9 heteroatoms. The Morgan fingerprint density at radius 1 is 0.905 bits per heavy atom. The Balaban J connectivity index is 1.88. The third-order valence-corrected chi connectivity index (χ3v) is 8.21. The zero-order valence-electron chi connectivity index (χ0n) is 25.0. The second kappa shape index (κ2) is 15.5. The van der Waals surface area contributed by atoms with Crippen molar-refractivity contribution in [1.82, 2.24) is 10.2 Å². The number of aryl methyl sites for hydroxylation is 2. The van der Waals surface area contributed by atoms with E-state index in [0.717, 1.165) is 35.8 Å². The smallest absolute Gasteiger partial charge is 0.243 e. The fraction of sp³-hybridized carbons (Fsp3) is 0.394. The van der Waals surface area contributed by atoms with E-state index in [-0.39, 0.29) is 43.6 Å². The van der Waals surface area contributed by atoms with Crippen LogP contribution in [0.2, 0.25) is 0 Å². The SMILES string of the molecule is CCCCNC(=O)C(Cc1ccccc1)N(Cc1ccc(F)cc1)C(=O)CCCN(c1cc(C)cc(C)c1)S(C)(=O)=O. The van der Waals surface area contributed by atoms with Crippen molar-refractivity contribution in [3.8, 4) is 0 Å². The van der Waals surface area contributed by atoms with Crippen molar-refractivity contribution >= 4 is 27.5 Å². The minimum absolute atomic E-state index is 0.0333. The van der Waals surface area contributed by atoms with Crippen LogP contribution in [0.15, 0.2) is 72.8 Å². The molecule has 0 aliphatic rings. The summed E-state index contributed by atoms with van der Waals surface area (Å²) < 4.78 is 40.4. The Kier molecular flexibility index (Phi) is 12.1. The van der Waals surface area contributed by atoms with E-state index in [0.29, 0.717) is 24.2 Å². The number of unbranched alkanes of at least 4 members (excludes halogenated alkanes) is 1. The molecule has 1 atom stereocenters. The standard InChI is InChI=1S/C33H42FN3O4S/c1-5-6-18-35-33(39)31(23-27-11-8-7-9-12-27)36(24-28-14-16-29(34)17-15-28)32(38)13-10-19-37(42(4,40)41)30-21-25(2)20-26(3)22-30/h7-9,11-12,14-17,20-22,31H,5-6,10,13,18-19,23-24H2,1-4H3,(H,35,39). The van der Waals surface area contributed by atoms with Crippen LogP contribution in [0, 0.1) is 19.7 Å². The molecule has 0 bridgehead atoms. The van der Waals surface area contributed by atoms with E-state index >= 15 is 0 Å². The van der Waals surface area contributed by atoms with Crippen LogP contribution in [0.25, 0.3) is 0 Å². The summed E-state index contributed by atoms with van der Waals surface area (Å²) in [7, 11) is -3.60. The molecule has 226 valence electrons. The van der Waals surface area contributed by atoms with Crippen LogP contribution in [-0.4, -0.2) is 50.5 Å². The van der Waals surface area contributed by atoms with Gasteiger partial charge in [-0.25, -0.2) is 12.8 Å². The van der Waals surface area contributed by atoms with E-state index < -0.39 is 16.1 Å². The van der Waals surface area contributed by atoms with E-state index in [9.17, 15) is 22.4 Å². The summed E-state index contributed by atoms with van der Waals surface area (Å²) in [4.78, 5) is 28.9. The number of sulfonamides is 1. The molecule has 0 fully saturated rings. The lowest BCUT2D eigenvalue weighted by Gasteiger charge is -2.32. The first-order valence-corrected chi connectivity index (χ1v) is 16.2. The Morgan fingerprint density at radius 2 is 1.55 bits per heavy atom. The van der Waals surface area contributed by atoms with Crippen LogP contribution in [-0.2, 0) is 32.6 Å². The molecule has 3 aromatic rings. The summed E-state index contributed by atoms with van der Waals surface area (Å²) in [5.41, 5.74) is 4.04. The van der Waals surface area contributed by atoms with Crippen LogP contribution in [0.5, 0.6) is 0 Å². The molecule has 1 unspecified atom stereocenters. The van der Waals surface area contributed by atoms with Gasteiger partial charge in [-0.15, -0.1) is 0 Å². The summed E-state index contributed by atoms with van der Waals surface area (Å²) in [5.74, 6) is -0.919. The van der Waals surface area contributed by atoms with Crippen LogP contribution < -0.4 is 9.62 Å². The van der Waals surface area contributed by atoms with E-state index in [2.05, 4.69) is 5.32 Å². The number of anilines is 1. The highest BCUT2D eigenvalue weighted by molar-refractivity contribution is 7.92. The molecule has 0 saturated heterocycles. The topological polar surface area (TPSA) is 86.8 Å². The maximum atomic E-state index is 13.9. The molecule has 2 amide bonds. The number of benzene rings is 3. The Labute approximate surface area is 249 Å². The van der Waals surface area contributed by atoms with Crippen molar-refractivity contribution in [3.63, 3.8) is 0 Å². The first-order valence-electron chi connectivity index (χ1n) is 14.4. The van der Waals surface area contributed by atoms with Crippen molar-refractivity contribution in [1.29, 1.82) is 0 Å². The van der Waals surface area contributed by atoms with Gasteiger partial charge in [-0.2, -0.15) is 0 Å². The van der Waals surface area contributed by atoms with E-state index in [1.165, 1.54) is 16.4 Å². The van der Waals surface area contributed by atoms with Crippen molar-refractivity contribution < 1.29 is 22.4 Å². The van der Waals surface area contributed by atoms with Gasteiger partial charge in [0.2, 0.25) is 21.8 Å². The van der Waals surface area contributed by atoms with Gasteiger partial charge in [0, 0.05) is 32.5 Å². The molecule has 42 heavy (non-hydrogen) atoms. The average Bonchev–Trinajstić information content (AvgIpc) is 2.93. The zero-order chi connectivity index (χ0) is 30.7. The normalized spacial score (nSPS) is 12.0. The van der Waals surface area contributed by atoms with E-state index in [1.807, 2.05) is 69.3 Å². The Morgan fingerprint density at radius 3 is 2.14 bits per heavy atom. The van der Waals surface area contributed by atoms with E-state index in [1.54, 1.807) is 17.0 Å². The zero-order valence-corrected chi connectivity index (χ0v) is 25.8. The number of rotatable bonds is 15. The predicted molar refractivity (Wildman–Crippen MR) is 166 cm³/mol. The molecule has 0 spiro atoms. The number of nitrogens with zero attached hydrogens (tertiary/aromatic N) is 2. The van der Waals surface area contributed by atoms with Gasteiger partial charge in [-0.05, 0) is 73.2 Å². The Hall–Kier alpha value is -3.72. The number of hydrogen-bond acceptors (Lipinski definition) is 4. The summed E-state index contributed by atoms with van der Waals surface area (Å²) >= 11 is 0. The maximum absolute atomic E-state index is 13.9. The highest BCUT2D eigenvalue weighted by Gasteiger charge is 2.30. The van der Waals surface area contributed by atoms with Gasteiger partial charge < -0.3 is 10.2 Å². The number of nitrogens with one attached hydrogen (secondary N) is 1. The average molecular weight is 596 g/mol. The first-order chi connectivity index (χ1) is 20.0. The third kappa shape index (κ3) is 9.98. The molecule has 0 aliphatic carbocycles. The van der Waals surface area contributed by atoms with Crippen LogP contribution in [0.4, 0.5) is 10.1 Å². The van der Waals surface area contributed by atoms with Crippen molar-refractivity contribution in [2.24, 2.45) is 0 Å². The Bertz CT molecular complexity index is 1410. The molecular formula is C33H42FN3O4S. The van der Waals surface area contributed by atoms with Gasteiger partial charge in [0.25, 0.3) is 0 Å². The molecule has 3 rings (SSSR count). The van der Waals surface area contributed by atoms with Crippen LogP contribution in [0.1, 0.15) is 54.9 Å². The summed E-state index contributed by atoms with van der Waals surface area (Å²) in [5, 5.41) is 2.98. The summed E-state index contributed by atoms with van der Waals surface area (Å²) in [6.07, 6.45) is 3.49. The monoisotopic (exact) mass is 595 g/mol. The highest BCUT2D eigenvalue weighted by Crippen LogP contribution is 2.23. The molecule has 3 aromatic carbocycles. The van der Waals surface area contributed by atoms with Gasteiger partial charge in [0.15, 0.2) is 0 Å². The first kappa shape index (κ1) is 32.8. The van der Waals surface area contributed by atoms with Gasteiger partial charge in [0.1, 0.15) is 11.9 Å².